The average Bonchev–Trinajstić information content (AvgIpc) is 3.16. The Morgan fingerprint density at radius 1 is 1.24 bits per heavy atom. The van der Waals surface area contributed by atoms with Crippen molar-refractivity contribution in [2.75, 3.05) is 0 Å². The molecule has 21 heavy (non-hydrogen) atoms. The third-order valence-electron chi connectivity index (χ3n) is 4.32. The summed E-state index contributed by atoms with van der Waals surface area (Å²) in [4.78, 5) is 0. The Labute approximate surface area is 125 Å². The number of nitrogens with zero attached hydrogens (tertiary/aromatic N) is 2. The number of hydrogen-bond donors (Lipinski definition) is 1. The highest BCUT2D eigenvalue weighted by Crippen LogP contribution is 2.28. The van der Waals surface area contributed by atoms with Crippen molar-refractivity contribution in [1.29, 1.82) is 0 Å². The van der Waals surface area contributed by atoms with Gasteiger partial charge in [0.15, 0.2) is 0 Å². The van der Waals surface area contributed by atoms with Crippen molar-refractivity contribution in [3.63, 3.8) is 0 Å². The van der Waals surface area contributed by atoms with Gasteiger partial charge in [-0.2, -0.15) is 5.10 Å². The van der Waals surface area contributed by atoms with Crippen LogP contribution in [-0.2, 0) is 6.54 Å². The van der Waals surface area contributed by atoms with Crippen LogP contribution >= 0.6 is 0 Å². The van der Waals surface area contributed by atoms with Crippen LogP contribution in [0, 0.1) is 5.82 Å². The maximum absolute atomic E-state index is 12.9. The molecule has 0 amide bonds. The largest absolute Gasteiger partial charge is 0.304 e. The smallest absolute Gasteiger partial charge is 0.123 e. The summed E-state index contributed by atoms with van der Waals surface area (Å²) in [7, 11) is 0. The summed E-state index contributed by atoms with van der Waals surface area (Å²) >= 11 is 0. The molecule has 1 heterocycles. The molecule has 1 aromatic carbocycles. The van der Waals surface area contributed by atoms with Crippen LogP contribution in [0.3, 0.4) is 0 Å². The van der Waals surface area contributed by atoms with Gasteiger partial charge in [0.05, 0.1) is 11.7 Å². The van der Waals surface area contributed by atoms with Gasteiger partial charge in [0, 0.05) is 18.8 Å². The molecule has 0 radical (unpaired) electrons. The summed E-state index contributed by atoms with van der Waals surface area (Å²) in [6.45, 7) is 2.82. The molecule has 1 fully saturated rings. The molecule has 1 aliphatic carbocycles. The standard InChI is InChI=1S/C17H22FN3/c1-13(14-6-8-15(18)9-7-14)19-12-16-10-11-21(20-16)17-4-2-3-5-17/h6-11,13,17,19H,2-5,12H2,1H3/t13-/m1/s1. The molecule has 3 rings (SSSR count). The van der Waals surface area contributed by atoms with Crippen molar-refractivity contribution in [2.24, 2.45) is 0 Å². The van der Waals surface area contributed by atoms with Crippen LogP contribution in [0.15, 0.2) is 36.5 Å². The van der Waals surface area contributed by atoms with Crippen molar-refractivity contribution < 1.29 is 4.39 Å². The van der Waals surface area contributed by atoms with Gasteiger partial charge in [0.25, 0.3) is 0 Å². The van der Waals surface area contributed by atoms with Gasteiger partial charge in [-0.25, -0.2) is 4.39 Å². The molecule has 0 bridgehead atoms. The van der Waals surface area contributed by atoms with Gasteiger partial charge in [0.1, 0.15) is 5.82 Å². The number of nitrogens with one attached hydrogen (secondary N) is 1. The Morgan fingerprint density at radius 3 is 2.67 bits per heavy atom. The first-order valence-corrected chi connectivity index (χ1v) is 7.75. The van der Waals surface area contributed by atoms with E-state index in [0.29, 0.717) is 6.04 Å². The second-order valence-electron chi connectivity index (χ2n) is 5.88. The first-order valence-electron chi connectivity index (χ1n) is 7.75. The molecule has 0 spiro atoms. The van der Waals surface area contributed by atoms with Crippen molar-refractivity contribution in [1.82, 2.24) is 15.1 Å². The highest BCUT2D eigenvalue weighted by molar-refractivity contribution is 5.19. The van der Waals surface area contributed by atoms with Gasteiger partial charge >= 0.3 is 0 Å². The number of aromatic nitrogens is 2. The SMILES string of the molecule is C[C@@H](NCc1ccn(C2CCCC2)n1)c1ccc(F)cc1. The Hall–Kier alpha value is -1.68. The van der Waals surface area contributed by atoms with Crippen LogP contribution in [0.2, 0.25) is 0 Å². The molecule has 2 aromatic rings. The zero-order valence-corrected chi connectivity index (χ0v) is 12.4. The fourth-order valence-corrected chi connectivity index (χ4v) is 2.97. The van der Waals surface area contributed by atoms with Gasteiger partial charge in [-0.15, -0.1) is 0 Å². The lowest BCUT2D eigenvalue weighted by Gasteiger charge is -2.13. The van der Waals surface area contributed by atoms with E-state index in [1.54, 1.807) is 0 Å². The third-order valence-corrected chi connectivity index (χ3v) is 4.32. The van der Waals surface area contributed by atoms with Gasteiger partial charge in [-0.3, -0.25) is 4.68 Å². The summed E-state index contributed by atoms with van der Waals surface area (Å²) in [6.07, 6.45) is 7.23. The minimum atomic E-state index is -0.193. The molecule has 1 saturated carbocycles. The lowest BCUT2D eigenvalue weighted by molar-refractivity contribution is 0.458. The highest BCUT2D eigenvalue weighted by Gasteiger charge is 2.17. The molecular weight excluding hydrogens is 265 g/mol. The molecule has 112 valence electrons. The topological polar surface area (TPSA) is 29.9 Å². The molecule has 3 nitrogen and oxygen atoms in total. The van der Waals surface area contributed by atoms with E-state index in [1.165, 1.54) is 37.8 Å². The van der Waals surface area contributed by atoms with E-state index in [-0.39, 0.29) is 11.9 Å². The molecule has 4 heteroatoms. The summed E-state index contributed by atoms with van der Waals surface area (Å²) in [5.74, 6) is -0.193. The molecule has 0 unspecified atom stereocenters. The Kier molecular flexibility index (Phi) is 4.34. The van der Waals surface area contributed by atoms with E-state index in [1.807, 2.05) is 12.1 Å². The summed E-state index contributed by atoms with van der Waals surface area (Å²) in [5.41, 5.74) is 2.16. The summed E-state index contributed by atoms with van der Waals surface area (Å²) in [5, 5.41) is 8.11. The predicted octanol–water partition coefficient (Wildman–Crippen LogP) is 3.99. The van der Waals surface area contributed by atoms with Gasteiger partial charge in [0.2, 0.25) is 0 Å². The van der Waals surface area contributed by atoms with E-state index < -0.39 is 0 Å². The van der Waals surface area contributed by atoms with E-state index in [0.717, 1.165) is 17.8 Å². The van der Waals surface area contributed by atoms with Crippen molar-refractivity contribution in [2.45, 2.75) is 51.2 Å². The van der Waals surface area contributed by atoms with E-state index in [4.69, 9.17) is 0 Å². The second kappa shape index (κ2) is 6.39. The van der Waals surface area contributed by atoms with E-state index in [9.17, 15) is 4.39 Å². The summed E-state index contributed by atoms with van der Waals surface area (Å²) < 4.78 is 15.0. The Morgan fingerprint density at radius 2 is 1.95 bits per heavy atom. The number of rotatable bonds is 5. The minimum absolute atomic E-state index is 0.183. The first kappa shape index (κ1) is 14.3. The van der Waals surface area contributed by atoms with E-state index in [2.05, 4.69) is 34.3 Å². The fourth-order valence-electron chi connectivity index (χ4n) is 2.97. The molecule has 1 aromatic heterocycles. The van der Waals surface area contributed by atoms with E-state index >= 15 is 0 Å². The van der Waals surface area contributed by atoms with Gasteiger partial charge in [-0.05, 0) is 43.5 Å². The number of halogens is 1. The zero-order valence-electron chi connectivity index (χ0n) is 12.4. The zero-order chi connectivity index (χ0) is 14.7. The molecular formula is C17H22FN3. The molecule has 0 aliphatic heterocycles. The first-order chi connectivity index (χ1) is 10.2. The Balaban J connectivity index is 1.56. The normalized spacial score (nSPS) is 17.2. The fraction of sp³-hybridized carbons (Fsp3) is 0.471. The third kappa shape index (κ3) is 3.50. The van der Waals surface area contributed by atoms with Crippen LogP contribution in [0.25, 0.3) is 0 Å². The maximum Gasteiger partial charge on any atom is 0.123 e. The summed E-state index contributed by atoms with van der Waals surface area (Å²) in [6, 6.07) is 9.51. The number of hydrogen-bond acceptors (Lipinski definition) is 2. The predicted molar refractivity (Wildman–Crippen MR) is 81.4 cm³/mol. The highest BCUT2D eigenvalue weighted by atomic mass is 19.1. The molecule has 1 N–H and O–H groups in total. The molecule has 0 saturated heterocycles. The lowest BCUT2D eigenvalue weighted by atomic mass is 10.1. The van der Waals surface area contributed by atoms with Crippen molar-refractivity contribution in [3.8, 4) is 0 Å². The molecule has 1 atom stereocenters. The average molecular weight is 287 g/mol. The minimum Gasteiger partial charge on any atom is -0.304 e. The van der Waals surface area contributed by atoms with Crippen LogP contribution in [0.4, 0.5) is 4.39 Å². The quantitative estimate of drug-likeness (QED) is 0.901. The lowest BCUT2D eigenvalue weighted by Crippen LogP contribution is -2.18. The van der Waals surface area contributed by atoms with Gasteiger partial charge < -0.3 is 5.32 Å². The van der Waals surface area contributed by atoms with Crippen molar-refractivity contribution >= 4 is 0 Å². The van der Waals surface area contributed by atoms with Crippen molar-refractivity contribution in [3.05, 3.63) is 53.6 Å². The number of benzene rings is 1. The molecule has 1 aliphatic rings. The second-order valence-corrected chi connectivity index (χ2v) is 5.88. The maximum atomic E-state index is 12.9. The Bertz CT molecular complexity index is 570. The van der Waals surface area contributed by atoms with Gasteiger partial charge in [-0.1, -0.05) is 25.0 Å². The van der Waals surface area contributed by atoms with Crippen LogP contribution in [0.5, 0.6) is 0 Å². The van der Waals surface area contributed by atoms with Crippen LogP contribution < -0.4 is 5.32 Å². The van der Waals surface area contributed by atoms with Crippen LogP contribution in [0.1, 0.15) is 55.9 Å². The van der Waals surface area contributed by atoms with Crippen LogP contribution in [-0.4, -0.2) is 9.78 Å². The monoisotopic (exact) mass is 287 g/mol.